The van der Waals surface area contributed by atoms with Crippen molar-refractivity contribution in [3.63, 3.8) is 0 Å². The summed E-state index contributed by atoms with van der Waals surface area (Å²) in [6.07, 6.45) is 6.29. The van der Waals surface area contributed by atoms with Crippen LogP contribution in [0.4, 0.5) is 10.1 Å². The number of aromatic nitrogens is 3. The number of halogens is 1. The van der Waals surface area contributed by atoms with Crippen LogP contribution in [0.1, 0.15) is 30.7 Å². The smallest absolute Gasteiger partial charge is 0.227 e. The van der Waals surface area contributed by atoms with Crippen LogP contribution in [0.3, 0.4) is 0 Å². The first-order valence-corrected chi connectivity index (χ1v) is 9.89. The number of hydrogen-bond acceptors (Lipinski definition) is 4. The molecule has 27 heavy (non-hydrogen) atoms. The number of likely N-dealkylation sites (tertiary alicyclic amines) is 1. The Kier molecular flexibility index (Phi) is 4.10. The molecule has 1 aromatic carbocycles. The maximum Gasteiger partial charge on any atom is 0.227 e. The van der Waals surface area contributed by atoms with Crippen molar-refractivity contribution in [3.05, 3.63) is 41.7 Å². The Morgan fingerprint density at radius 1 is 1.11 bits per heavy atom. The summed E-state index contributed by atoms with van der Waals surface area (Å²) in [5.41, 5.74) is 2.29. The van der Waals surface area contributed by atoms with Gasteiger partial charge < -0.3 is 14.4 Å². The van der Waals surface area contributed by atoms with Crippen molar-refractivity contribution >= 4 is 11.6 Å². The highest BCUT2D eigenvalue weighted by Gasteiger charge is 2.34. The van der Waals surface area contributed by atoms with Gasteiger partial charge in [0.2, 0.25) is 5.91 Å². The first-order chi connectivity index (χ1) is 13.2. The van der Waals surface area contributed by atoms with E-state index in [0.29, 0.717) is 12.6 Å². The predicted octanol–water partition coefficient (Wildman–Crippen LogP) is 2.03. The molecule has 1 fully saturated rings. The number of amides is 1. The number of piperidine rings is 1. The number of nitrogens with zero attached hydrogens (tertiary/aromatic N) is 5. The summed E-state index contributed by atoms with van der Waals surface area (Å²) in [7, 11) is 0. The summed E-state index contributed by atoms with van der Waals surface area (Å²) in [6.45, 7) is 3.27. The van der Waals surface area contributed by atoms with Crippen molar-refractivity contribution in [2.45, 2.75) is 44.7 Å². The maximum atomic E-state index is 13.4. The van der Waals surface area contributed by atoms with Crippen molar-refractivity contribution in [1.82, 2.24) is 19.7 Å². The number of rotatable bonds is 2. The van der Waals surface area contributed by atoms with Gasteiger partial charge in [0.25, 0.3) is 0 Å². The zero-order valence-corrected chi connectivity index (χ0v) is 15.4. The first-order valence-electron chi connectivity index (χ1n) is 9.89. The lowest BCUT2D eigenvalue weighted by molar-refractivity contribution is -0.137. The molecule has 1 saturated heterocycles. The molecule has 1 unspecified atom stereocenters. The van der Waals surface area contributed by atoms with Crippen LogP contribution in [-0.4, -0.2) is 51.2 Å². The quantitative estimate of drug-likeness (QED) is 0.813. The Hall–Kier alpha value is -2.44. The van der Waals surface area contributed by atoms with Gasteiger partial charge in [-0.2, -0.15) is 0 Å². The molecule has 2 aromatic rings. The zero-order chi connectivity index (χ0) is 18.4. The second-order valence-electron chi connectivity index (χ2n) is 7.91. The van der Waals surface area contributed by atoms with Crippen LogP contribution in [0.2, 0.25) is 0 Å². The molecule has 6 nitrogen and oxygen atoms in total. The van der Waals surface area contributed by atoms with Gasteiger partial charge in [-0.15, -0.1) is 10.2 Å². The highest BCUT2D eigenvalue weighted by atomic mass is 19.1. The number of anilines is 1. The van der Waals surface area contributed by atoms with Crippen molar-refractivity contribution in [1.29, 1.82) is 0 Å². The molecular formula is C20H24FN5O. The van der Waals surface area contributed by atoms with Crippen LogP contribution < -0.4 is 4.90 Å². The number of carbonyl (C=O) groups excluding carboxylic acids is 1. The summed E-state index contributed by atoms with van der Waals surface area (Å²) in [5.74, 6) is 1.15. The number of hydrogen-bond donors (Lipinski definition) is 0. The fourth-order valence-electron chi connectivity index (χ4n) is 4.89. The molecule has 5 rings (SSSR count). The van der Waals surface area contributed by atoms with E-state index in [-0.39, 0.29) is 17.6 Å². The normalized spacial score (nSPS) is 22.6. The molecular weight excluding hydrogens is 345 g/mol. The average Bonchev–Trinajstić information content (AvgIpc) is 3.33. The SMILES string of the molecule is O=C(C1CCc2nncn2C1)N1CCC(N2CCc3cc(F)ccc32)CC1. The number of aryl methyl sites for hydroxylation is 1. The Balaban J connectivity index is 1.21. The molecule has 0 aliphatic carbocycles. The van der Waals surface area contributed by atoms with Gasteiger partial charge in [-0.1, -0.05) is 0 Å². The van der Waals surface area contributed by atoms with Crippen LogP contribution in [0.15, 0.2) is 24.5 Å². The summed E-state index contributed by atoms with van der Waals surface area (Å²) in [6, 6.07) is 5.57. The van der Waals surface area contributed by atoms with Gasteiger partial charge in [-0.3, -0.25) is 4.79 Å². The second-order valence-corrected chi connectivity index (χ2v) is 7.91. The third-order valence-corrected chi connectivity index (χ3v) is 6.37. The minimum Gasteiger partial charge on any atom is -0.368 e. The van der Waals surface area contributed by atoms with Gasteiger partial charge in [0.05, 0.1) is 5.92 Å². The highest BCUT2D eigenvalue weighted by Crippen LogP contribution is 2.33. The summed E-state index contributed by atoms with van der Waals surface area (Å²) >= 11 is 0. The van der Waals surface area contributed by atoms with Gasteiger partial charge in [0.1, 0.15) is 18.0 Å². The molecule has 7 heteroatoms. The Morgan fingerprint density at radius 2 is 1.96 bits per heavy atom. The summed E-state index contributed by atoms with van der Waals surface area (Å²) in [5, 5.41) is 8.05. The highest BCUT2D eigenvalue weighted by molar-refractivity contribution is 5.79. The molecule has 0 saturated carbocycles. The number of benzene rings is 1. The number of carbonyl (C=O) groups is 1. The summed E-state index contributed by atoms with van der Waals surface area (Å²) in [4.78, 5) is 17.4. The molecule has 0 bridgehead atoms. The third kappa shape index (κ3) is 2.99. The zero-order valence-electron chi connectivity index (χ0n) is 15.4. The standard InChI is InChI=1S/C20H24FN5O/c21-16-2-3-18-14(11-16)5-10-26(18)17-6-8-24(9-7-17)20(27)15-1-4-19-23-22-13-25(19)12-15/h2-3,11,13,15,17H,1,4-10,12H2. The molecule has 3 aliphatic rings. The lowest BCUT2D eigenvalue weighted by atomic mass is 9.95. The van der Waals surface area contributed by atoms with Crippen molar-refractivity contribution in [2.24, 2.45) is 5.92 Å². The minimum atomic E-state index is -0.153. The molecule has 0 radical (unpaired) electrons. The number of fused-ring (bicyclic) bond motifs is 2. The van der Waals surface area contributed by atoms with Crippen LogP contribution in [0.25, 0.3) is 0 Å². The Bertz CT molecular complexity index is 858. The maximum absolute atomic E-state index is 13.4. The molecule has 0 N–H and O–H groups in total. The lowest BCUT2D eigenvalue weighted by Gasteiger charge is -2.39. The largest absolute Gasteiger partial charge is 0.368 e. The molecule has 0 spiro atoms. The van der Waals surface area contributed by atoms with E-state index < -0.39 is 0 Å². The van der Waals surface area contributed by atoms with Crippen LogP contribution in [0.5, 0.6) is 0 Å². The van der Waals surface area contributed by atoms with Crippen molar-refractivity contribution < 1.29 is 9.18 Å². The van der Waals surface area contributed by atoms with E-state index >= 15 is 0 Å². The molecule has 1 amide bonds. The van der Waals surface area contributed by atoms with Crippen molar-refractivity contribution in [3.8, 4) is 0 Å². The van der Waals surface area contributed by atoms with Gasteiger partial charge in [-0.25, -0.2) is 4.39 Å². The second kappa shape index (κ2) is 6.62. The molecule has 3 aliphatic heterocycles. The van der Waals surface area contributed by atoms with E-state index in [2.05, 4.69) is 15.1 Å². The first kappa shape index (κ1) is 16.7. The summed E-state index contributed by atoms with van der Waals surface area (Å²) < 4.78 is 15.5. The van der Waals surface area contributed by atoms with Crippen LogP contribution >= 0.6 is 0 Å². The van der Waals surface area contributed by atoms with Crippen LogP contribution in [0, 0.1) is 11.7 Å². The fraction of sp³-hybridized carbons (Fsp3) is 0.550. The molecule has 1 aromatic heterocycles. The lowest BCUT2D eigenvalue weighted by Crippen LogP contribution is -2.48. The van der Waals surface area contributed by atoms with E-state index in [1.165, 1.54) is 5.69 Å². The fourth-order valence-corrected chi connectivity index (χ4v) is 4.89. The Morgan fingerprint density at radius 3 is 2.81 bits per heavy atom. The van der Waals surface area contributed by atoms with E-state index in [1.807, 2.05) is 15.5 Å². The van der Waals surface area contributed by atoms with E-state index in [4.69, 9.17) is 0 Å². The van der Waals surface area contributed by atoms with Gasteiger partial charge in [-0.05, 0) is 49.4 Å². The Labute approximate surface area is 158 Å². The third-order valence-electron chi connectivity index (χ3n) is 6.37. The molecule has 4 heterocycles. The van der Waals surface area contributed by atoms with Gasteiger partial charge >= 0.3 is 0 Å². The van der Waals surface area contributed by atoms with Crippen molar-refractivity contribution in [2.75, 3.05) is 24.5 Å². The van der Waals surface area contributed by atoms with E-state index in [9.17, 15) is 9.18 Å². The average molecular weight is 369 g/mol. The minimum absolute atomic E-state index is 0.0422. The van der Waals surface area contributed by atoms with E-state index in [0.717, 1.165) is 63.1 Å². The van der Waals surface area contributed by atoms with E-state index in [1.54, 1.807) is 18.5 Å². The monoisotopic (exact) mass is 369 g/mol. The predicted molar refractivity (Wildman–Crippen MR) is 98.9 cm³/mol. The van der Waals surface area contributed by atoms with Gasteiger partial charge in [0.15, 0.2) is 0 Å². The molecule has 142 valence electrons. The topological polar surface area (TPSA) is 54.3 Å². The van der Waals surface area contributed by atoms with Gasteiger partial charge in [0, 0.05) is 44.3 Å². The molecule has 1 atom stereocenters. The van der Waals surface area contributed by atoms with Crippen LogP contribution in [-0.2, 0) is 24.2 Å².